The molecule has 3 nitrogen and oxygen atoms in total. The lowest BCUT2D eigenvalue weighted by Crippen LogP contribution is -2.15. The average molecular weight is 139 g/mol. The van der Waals surface area contributed by atoms with Crippen molar-refractivity contribution in [1.82, 2.24) is 9.89 Å². The van der Waals surface area contributed by atoms with E-state index in [9.17, 15) is 0 Å². The Morgan fingerprint density at radius 3 is 3.00 bits per heavy atom. The second kappa shape index (κ2) is 3.25. The first-order valence-electron chi connectivity index (χ1n) is 3.59. The number of hydrogen-bond acceptors (Lipinski definition) is 2. The summed E-state index contributed by atoms with van der Waals surface area (Å²) in [5, 5.41) is 4.15. The Morgan fingerprint density at radius 2 is 2.50 bits per heavy atom. The van der Waals surface area contributed by atoms with E-state index in [4.69, 9.17) is 0 Å². The van der Waals surface area contributed by atoms with Gasteiger partial charge in [-0.2, -0.15) is 9.89 Å². The van der Waals surface area contributed by atoms with Crippen molar-refractivity contribution in [2.75, 3.05) is 12.0 Å². The molecule has 1 aromatic heterocycles. The smallest absolute Gasteiger partial charge is 0.0614 e. The maximum Gasteiger partial charge on any atom is 0.0614 e. The van der Waals surface area contributed by atoms with Crippen LogP contribution in [0.5, 0.6) is 0 Å². The fourth-order valence-corrected chi connectivity index (χ4v) is 0.729. The van der Waals surface area contributed by atoms with Gasteiger partial charge in [-0.15, -0.1) is 0 Å². The van der Waals surface area contributed by atoms with Crippen molar-refractivity contribution in [3.63, 3.8) is 0 Å². The number of aromatic nitrogens is 2. The second-order valence-electron chi connectivity index (χ2n) is 2.31. The van der Waals surface area contributed by atoms with Gasteiger partial charge in [0.2, 0.25) is 0 Å². The van der Waals surface area contributed by atoms with Crippen molar-refractivity contribution < 1.29 is 0 Å². The largest absolute Gasteiger partial charge is 0.310 e. The average Bonchev–Trinajstić information content (AvgIpc) is 2.31. The van der Waals surface area contributed by atoms with Crippen molar-refractivity contribution in [2.24, 2.45) is 0 Å². The van der Waals surface area contributed by atoms with Crippen LogP contribution in [-0.2, 0) is 0 Å². The van der Waals surface area contributed by atoms with Crippen LogP contribution in [0.3, 0.4) is 0 Å². The molecule has 0 radical (unpaired) electrons. The van der Waals surface area contributed by atoms with Crippen LogP contribution in [0.1, 0.15) is 19.0 Å². The van der Waals surface area contributed by atoms with Crippen molar-refractivity contribution >= 4 is 0 Å². The predicted molar refractivity (Wildman–Crippen MR) is 41.5 cm³/mol. The fraction of sp³-hybridized carbons (Fsp3) is 0.571. The molecule has 10 heavy (non-hydrogen) atoms. The molecule has 3 heteroatoms. The minimum Gasteiger partial charge on any atom is -0.310 e. The van der Waals surface area contributed by atoms with E-state index in [-0.39, 0.29) is 0 Å². The molecule has 1 heterocycles. The lowest BCUT2D eigenvalue weighted by atomic mass is 10.5. The van der Waals surface area contributed by atoms with Crippen LogP contribution in [-0.4, -0.2) is 16.4 Å². The molecule has 0 aliphatic rings. The molecule has 0 saturated heterocycles. The molecule has 0 unspecified atom stereocenters. The highest BCUT2D eigenvalue weighted by atomic mass is 15.5. The first kappa shape index (κ1) is 7.12. The van der Waals surface area contributed by atoms with Gasteiger partial charge in [-0.05, 0) is 19.4 Å². The van der Waals surface area contributed by atoms with E-state index in [0.717, 1.165) is 18.7 Å². The Morgan fingerprint density at radius 1 is 1.70 bits per heavy atom. The van der Waals surface area contributed by atoms with Crippen molar-refractivity contribution in [1.29, 1.82) is 0 Å². The van der Waals surface area contributed by atoms with Gasteiger partial charge >= 0.3 is 0 Å². The van der Waals surface area contributed by atoms with Gasteiger partial charge in [0.15, 0.2) is 0 Å². The number of rotatable bonds is 3. The highest BCUT2D eigenvalue weighted by Crippen LogP contribution is 1.88. The number of nitrogens with one attached hydrogen (secondary N) is 1. The first-order chi connectivity index (χ1) is 4.83. The van der Waals surface area contributed by atoms with E-state index in [1.807, 2.05) is 19.2 Å². The molecule has 0 aromatic carbocycles. The van der Waals surface area contributed by atoms with Crippen molar-refractivity contribution in [3.05, 3.63) is 18.0 Å². The number of hydrogen-bond donors (Lipinski definition) is 1. The second-order valence-corrected chi connectivity index (χ2v) is 2.31. The number of aryl methyl sites for hydroxylation is 1. The summed E-state index contributed by atoms with van der Waals surface area (Å²) >= 11 is 0. The first-order valence-corrected chi connectivity index (χ1v) is 3.59. The van der Waals surface area contributed by atoms with Gasteiger partial charge in [-0.1, -0.05) is 6.92 Å². The molecule has 56 valence electrons. The monoisotopic (exact) mass is 139 g/mol. The highest BCUT2D eigenvalue weighted by molar-refractivity contribution is 4.95. The van der Waals surface area contributed by atoms with Crippen LogP contribution >= 0.6 is 0 Å². The summed E-state index contributed by atoms with van der Waals surface area (Å²) in [6, 6.07) is 1.97. The molecule has 1 aromatic rings. The van der Waals surface area contributed by atoms with Crippen LogP contribution in [0, 0.1) is 6.92 Å². The Balaban J connectivity index is 2.42. The van der Waals surface area contributed by atoms with Gasteiger partial charge in [0.05, 0.1) is 5.69 Å². The summed E-state index contributed by atoms with van der Waals surface area (Å²) in [7, 11) is 0. The van der Waals surface area contributed by atoms with Gasteiger partial charge in [0.25, 0.3) is 0 Å². The zero-order valence-corrected chi connectivity index (χ0v) is 6.46. The Bertz CT molecular complexity index is 192. The summed E-state index contributed by atoms with van der Waals surface area (Å²) in [4.78, 5) is 1.75. The highest BCUT2D eigenvalue weighted by Gasteiger charge is 1.88. The lowest BCUT2D eigenvalue weighted by molar-refractivity contribution is 0.712. The molecule has 0 bridgehead atoms. The van der Waals surface area contributed by atoms with Crippen molar-refractivity contribution in [2.45, 2.75) is 20.3 Å². The van der Waals surface area contributed by atoms with E-state index in [1.54, 1.807) is 4.79 Å². The molecule has 0 aliphatic heterocycles. The molecule has 0 saturated carbocycles. The topological polar surface area (TPSA) is 29.9 Å². The fourth-order valence-electron chi connectivity index (χ4n) is 0.729. The zero-order valence-electron chi connectivity index (χ0n) is 6.46. The lowest BCUT2D eigenvalue weighted by Gasteiger charge is -2.01. The summed E-state index contributed by atoms with van der Waals surface area (Å²) in [6.07, 6.45) is 3.05. The normalized spacial score (nSPS) is 9.80. The van der Waals surface area contributed by atoms with Crippen LogP contribution in [0.2, 0.25) is 0 Å². The van der Waals surface area contributed by atoms with E-state index in [2.05, 4.69) is 17.4 Å². The molecule has 0 aliphatic carbocycles. The molecule has 0 spiro atoms. The van der Waals surface area contributed by atoms with Crippen LogP contribution in [0.25, 0.3) is 0 Å². The van der Waals surface area contributed by atoms with Gasteiger partial charge in [-0.25, -0.2) is 0 Å². The third-order valence-corrected chi connectivity index (χ3v) is 1.25. The summed E-state index contributed by atoms with van der Waals surface area (Å²) in [5.74, 6) is 0. The molecule has 1 rings (SSSR count). The van der Waals surface area contributed by atoms with Crippen LogP contribution in [0.15, 0.2) is 12.3 Å². The maximum absolute atomic E-state index is 4.15. The Kier molecular flexibility index (Phi) is 2.31. The minimum atomic E-state index is 0.973. The summed E-state index contributed by atoms with van der Waals surface area (Å²) in [6.45, 7) is 5.08. The summed E-state index contributed by atoms with van der Waals surface area (Å²) in [5.41, 5.74) is 4.17. The summed E-state index contributed by atoms with van der Waals surface area (Å²) < 4.78 is 0. The Labute approximate surface area is 61.0 Å². The quantitative estimate of drug-likeness (QED) is 0.680. The van der Waals surface area contributed by atoms with Gasteiger partial charge < -0.3 is 5.43 Å². The zero-order chi connectivity index (χ0) is 7.40. The molecular formula is C7H13N3. The van der Waals surface area contributed by atoms with E-state index in [0.29, 0.717) is 0 Å². The standard InChI is InChI=1S/C7H13N3/c1-3-5-8-10-6-4-7(2)9-10/h4,6,8H,3,5H2,1-2H3. The van der Waals surface area contributed by atoms with Crippen LogP contribution < -0.4 is 5.43 Å². The van der Waals surface area contributed by atoms with E-state index >= 15 is 0 Å². The molecular weight excluding hydrogens is 126 g/mol. The maximum atomic E-state index is 4.15. The van der Waals surface area contributed by atoms with Crippen LogP contribution in [0.4, 0.5) is 0 Å². The van der Waals surface area contributed by atoms with Crippen molar-refractivity contribution in [3.8, 4) is 0 Å². The minimum absolute atomic E-state index is 0.973. The number of nitrogens with zero attached hydrogens (tertiary/aromatic N) is 2. The predicted octanol–water partition coefficient (Wildman–Crippen LogP) is 1.15. The molecule has 1 N–H and O–H groups in total. The van der Waals surface area contributed by atoms with Gasteiger partial charge in [-0.3, -0.25) is 0 Å². The SMILES string of the molecule is CCCNn1ccc(C)n1. The van der Waals surface area contributed by atoms with E-state index in [1.165, 1.54) is 0 Å². The molecule has 0 atom stereocenters. The third kappa shape index (κ3) is 1.76. The van der Waals surface area contributed by atoms with E-state index < -0.39 is 0 Å². The van der Waals surface area contributed by atoms with Gasteiger partial charge in [0, 0.05) is 12.7 Å². The van der Waals surface area contributed by atoms with Gasteiger partial charge in [0.1, 0.15) is 0 Å². The molecule has 0 fully saturated rings. The molecule has 0 amide bonds. The third-order valence-electron chi connectivity index (χ3n) is 1.25. The Hall–Kier alpha value is -0.990.